The fraction of sp³-hybridized carbons (Fsp3) is 0.0741. The number of hydrogen-bond donors (Lipinski definition) is 2. The lowest BCUT2D eigenvalue weighted by Crippen LogP contribution is -2.30. The highest BCUT2D eigenvalue weighted by molar-refractivity contribution is 8.52. The Morgan fingerprint density at radius 1 is 0.672 bits per heavy atom. The normalized spacial score (nSPS) is 18.7. The van der Waals surface area contributed by atoms with Crippen molar-refractivity contribution in [3.63, 3.8) is 0 Å². The zero-order valence-corrected chi connectivity index (χ0v) is 33.9. The van der Waals surface area contributed by atoms with Crippen molar-refractivity contribution in [1.82, 2.24) is 0 Å². The molecule has 2 aliphatic carbocycles. The second kappa shape index (κ2) is 12.8. The minimum Gasteiger partial charge on any atom is -0.398 e. The van der Waals surface area contributed by atoms with E-state index in [1.807, 2.05) is 0 Å². The van der Waals surface area contributed by atoms with Gasteiger partial charge in [0, 0.05) is 45.4 Å². The third-order valence-electron chi connectivity index (χ3n) is 13.8. The van der Waals surface area contributed by atoms with Crippen LogP contribution in [0.2, 0.25) is 0 Å². The molecule has 0 unspecified atom stereocenters. The summed E-state index contributed by atoms with van der Waals surface area (Å²) in [5.74, 6) is 0. The van der Waals surface area contributed by atoms with Crippen LogP contribution in [0.4, 0.5) is 17.1 Å². The molecule has 2 bridgehead atoms. The summed E-state index contributed by atoms with van der Waals surface area (Å²) in [4.78, 5) is 7.60. The summed E-state index contributed by atoms with van der Waals surface area (Å²) < 4.78 is 0. The van der Waals surface area contributed by atoms with Gasteiger partial charge >= 0.3 is 0 Å². The molecule has 2 heterocycles. The van der Waals surface area contributed by atoms with Crippen LogP contribution in [0.1, 0.15) is 40.7 Å². The number of hydrogen-bond acceptors (Lipinski definition) is 2. The van der Waals surface area contributed by atoms with E-state index < -0.39 is 9.16 Å². The molecule has 11 rings (SSSR count). The molecule has 2 aliphatic heterocycles. The number of nitrogen functional groups attached to an aromatic ring is 1. The van der Waals surface area contributed by atoms with Gasteiger partial charge in [-0.25, -0.2) is 9.16 Å². The van der Waals surface area contributed by atoms with Crippen molar-refractivity contribution in [2.24, 2.45) is 0 Å². The molecule has 0 saturated heterocycles. The standard InChI is InChI=1S/C54H45BN2S/c1-35-17-13-14-32-57-53-45(28-16-29-49(53)58(35,2,38-20-5-3-6-21-38)39-22-7-4-8-23-39)50-42(44-31-30-36-18-9-12-25-41(36)52(44)56)26-15-27-43(50)47-34-46-40-24-11-10-19-37(40)33-48(46)54(57)51(47)55/h3-14,16-25,27-32,34,58H,1,15,26,33,55-56H2,2H3/b17-13-,32-14-. The van der Waals surface area contributed by atoms with Gasteiger partial charge in [-0.3, -0.25) is 0 Å². The minimum absolute atomic E-state index is 0.845. The van der Waals surface area contributed by atoms with E-state index in [9.17, 15) is 0 Å². The fourth-order valence-electron chi connectivity index (χ4n) is 10.8. The third-order valence-corrected chi connectivity index (χ3v) is 20.1. The number of fused-ring (bicyclic) bond motifs is 11. The maximum absolute atomic E-state index is 7.29. The first-order chi connectivity index (χ1) is 28.4. The maximum atomic E-state index is 7.29. The van der Waals surface area contributed by atoms with E-state index >= 15 is 0 Å². The maximum Gasteiger partial charge on any atom is 0.142 e. The summed E-state index contributed by atoms with van der Waals surface area (Å²) in [6.45, 7) is 5.07. The highest BCUT2D eigenvalue weighted by Crippen LogP contribution is 2.89. The van der Waals surface area contributed by atoms with E-state index in [2.05, 4.69) is 195 Å². The van der Waals surface area contributed by atoms with Crippen LogP contribution in [0.15, 0.2) is 202 Å². The van der Waals surface area contributed by atoms with E-state index in [4.69, 9.17) is 12.3 Å². The average molecular weight is 765 g/mol. The number of nitrogens with zero attached hydrogens (tertiary/aromatic N) is 1. The second-order valence-corrected chi connectivity index (χ2v) is 21.7. The number of rotatable bonds is 3. The van der Waals surface area contributed by atoms with Crippen molar-refractivity contribution in [2.45, 2.75) is 33.9 Å². The van der Waals surface area contributed by atoms with Crippen LogP contribution in [0.5, 0.6) is 0 Å². The van der Waals surface area contributed by atoms with Crippen molar-refractivity contribution in [1.29, 1.82) is 0 Å². The van der Waals surface area contributed by atoms with Gasteiger partial charge in [-0.1, -0.05) is 164 Å². The molecule has 280 valence electrons. The zero-order valence-electron chi connectivity index (χ0n) is 33.0. The molecule has 0 atom stereocenters. The Morgan fingerprint density at radius 2 is 1.38 bits per heavy atom. The van der Waals surface area contributed by atoms with E-state index in [0.717, 1.165) is 46.2 Å². The first-order valence-corrected chi connectivity index (χ1v) is 23.1. The van der Waals surface area contributed by atoms with Crippen molar-refractivity contribution in [2.75, 3.05) is 16.9 Å². The molecule has 0 aromatic heterocycles. The van der Waals surface area contributed by atoms with Crippen LogP contribution >= 0.6 is 9.16 Å². The molecule has 0 fully saturated rings. The van der Waals surface area contributed by atoms with Crippen molar-refractivity contribution < 1.29 is 0 Å². The number of thiol groups is 1. The summed E-state index contributed by atoms with van der Waals surface area (Å²) in [5, 5.41) is 2.26. The van der Waals surface area contributed by atoms with E-state index in [-0.39, 0.29) is 0 Å². The Bertz CT molecular complexity index is 3000. The molecule has 0 radical (unpaired) electrons. The number of benzene rings is 7. The molecule has 4 heteroatoms. The number of allylic oxidation sites excluding steroid dienone is 7. The van der Waals surface area contributed by atoms with Crippen molar-refractivity contribution >= 4 is 67.0 Å². The Hall–Kier alpha value is -6.49. The van der Waals surface area contributed by atoms with Crippen LogP contribution < -0.4 is 16.1 Å². The number of para-hydroxylation sites is 1. The summed E-state index contributed by atoms with van der Waals surface area (Å²) in [5.41, 5.74) is 24.9. The Morgan fingerprint density at radius 3 is 2.17 bits per heavy atom. The van der Waals surface area contributed by atoms with E-state index in [0.29, 0.717) is 0 Å². The molecule has 0 saturated carbocycles. The SMILES string of the molecule is Bc1c2cc3c(c1N1/C=C\C=C/C(=C)[SH](C)(c4ccccc4)(c4ccccc4)c4cccc(c41)C1=C(c4ccc5ccccc5c4N)CCC=C12)Cc1ccccc1-3. The molecule has 0 amide bonds. The number of nitrogens with two attached hydrogens (primary N) is 1. The summed E-state index contributed by atoms with van der Waals surface area (Å²) in [7, 11) is -1.21. The van der Waals surface area contributed by atoms with Crippen LogP contribution in [0.25, 0.3) is 38.6 Å². The van der Waals surface area contributed by atoms with Crippen LogP contribution in [0, 0.1) is 0 Å². The molecule has 7 aromatic carbocycles. The third kappa shape index (κ3) is 4.58. The quantitative estimate of drug-likeness (QED) is 0.107. The average Bonchev–Trinajstić information content (AvgIpc) is 3.66. The topological polar surface area (TPSA) is 29.3 Å². The first-order valence-electron chi connectivity index (χ1n) is 20.4. The Labute approximate surface area is 342 Å². The predicted octanol–water partition coefficient (Wildman–Crippen LogP) is 12.3. The van der Waals surface area contributed by atoms with Crippen LogP contribution in [-0.4, -0.2) is 14.1 Å². The molecule has 0 spiro atoms. The van der Waals surface area contributed by atoms with Crippen LogP contribution in [-0.2, 0) is 6.42 Å². The van der Waals surface area contributed by atoms with Gasteiger partial charge in [0.1, 0.15) is 7.85 Å². The highest BCUT2D eigenvalue weighted by Gasteiger charge is 2.48. The van der Waals surface area contributed by atoms with Gasteiger partial charge in [-0.2, -0.15) is 0 Å². The van der Waals surface area contributed by atoms with Gasteiger partial charge in [-0.15, -0.1) is 0 Å². The molecular weight excluding hydrogens is 719 g/mol. The first kappa shape index (κ1) is 34.7. The van der Waals surface area contributed by atoms with Gasteiger partial charge < -0.3 is 10.6 Å². The Balaban J connectivity index is 1.36. The lowest BCUT2D eigenvalue weighted by molar-refractivity contribution is 1.06. The van der Waals surface area contributed by atoms with Gasteiger partial charge in [0.2, 0.25) is 0 Å². The molecule has 7 aromatic rings. The number of anilines is 3. The van der Waals surface area contributed by atoms with Gasteiger partial charge in [0.25, 0.3) is 0 Å². The summed E-state index contributed by atoms with van der Waals surface area (Å²) in [6, 6.07) is 54.1. The summed E-state index contributed by atoms with van der Waals surface area (Å²) >= 11 is 0. The largest absolute Gasteiger partial charge is 0.398 e. The van der Waals surface area contributed by atoms with E-state index in [1.54, 1.807) is 0 Å². The Kier molecular flexibility index (Phi) is 7.64. The predicted molar refractivity (Wildman–Crippen MR) is 254 cm³/mol. The highest BCUT2D eigenvalue weighted by atomic mass is 32.3. The monoisotopic (exact) mass is 764 g/mol. The van der Waals surface area contributed by atoms with Crippen molar-refractivity contribution in [3.05, 3.63) is 215 Å². The van der Waals surface area contributed by atoms with Gasteiger partial charge in [0.05, 0.1) is 5.69 Å². The fourth-order valence-corrected chi connectivity index (χ4v) is 16.1. The van der Waals surface area contributed by atoms with Crippen molar-refractivity contribution in [3.8, 4) is 11.1 Å². The lowest BCUT2D eigenvalue weighted by Gasteiger charge is -2.62. The second-order valence-electron chi connectivity index (χ2n) is 16.5. The molecule has 4 aliphatic rings. The van der Waals surface area contributed by atoms with Gasteiger partial charge in [-0.05, 0) is 102 Å². The molecular formula is C54H45BN2S. The molecule has 2 nitrogen and oxygen atoms in total. The summed E-state index contributed by atoms with van der Waals surface area (Å²) in [6.07, 6.45) is 16.8. The van der Waals surface area contributed by atoms with E-state index in [1.165, 1.54) is 81.6 Å². The minimum atomic E-state index is -3.56. The van der Waals surface area contributed by atoms with Gasteiger partial charge in [0.15, 0.2) is 0 Å². The van der Waals surface area contributed by atoms with Crippen LogP contribution in [0.3, 0.4) is 0 Å². The molecule has 2 N–H and O–H groups in total. The smallest absolute Gasteiger partial charge is 0.142 e. The zero-order chi connectivity index (χ0) is 39.2. The molecule has 58 heavy (non-hydrogen) atoms. The lowest BCUT2D eigenvalue weighted by atomic mass is 9.73.